The highest BCUT2D eigenvalue weighted by atomic mass is 19.1. The Balaban J connectivity index is 0.986. The number of hydrogen-bond acceptors (Lipinski definition) is 8. The lowest BCUT2D eigenvalue weighted by molar-refractivity contribution is -0.211. The molecule has 0 radical (unpaired) electrons. The van der Waals surface area contributed by atoms with E-state index in [0.717, 1.165) is 68.4 Å². The van der Waals surface area contributed by atoms with E-state index >= 15 is 0 Å². The Morgan fingerprint density at radius 1 is 0.884 bits per heavy atom. The second-order valence-corrected chi connectivity index (χ2v) is 15.6. The van der Waals surface area contributed by atoms with E-state index in [-0.39, 0.29) is 27.6 Å². The molecule has 7 saturated carbocycles. The highest BCUT2D eigenvalue weighted by Crippen LogP contribution is 2.70. The number of ether oxygens (including phenoxy) is 1. The molecule has 1 aromatic carbocycles. The molecule has 0 spiro atoms. The van der Waals surface area contributed by atoms with Gasteiger partial charge in [0.1, 0.15) is 5.67 Å². The number of amides is 1. The zero-order valence-corrected chi connectivity index (χ0v) is 25.0. The van der Waals surface area contributed by atoms with Crippen molar-refractivity contribution in [1.29, 1.82) is 0 Å². The van der Waals surface area contributed by atoms with Crippen LogP contribution in [0.2, 0.25) is 0 Å². The number of fused-ring (bicyclic) bond motifs is 3. The molecule has 226 valence electrons. The molecule has 2 aromatic heterocycles. The summed E-state index contributed by atoms with van der Waals surface area (Å²) in [7, 11) is 0. The third-order valence-corrected chi connectivity index (χ3v) is 12.2. The first-order valence-electron chi connectivity index (χ1n) is 15.9. The largest absolute Gasteiger partial charge is 0.379 e. The molecule has 11 rings (SSSR count). The summed E-state index contributed by atoms with van der Waals surface area (Å²) < 4.78 is 31.4. The zero-order valence-electron chi connectivity index (χ0n) is 25.0. The van der Waals surface area contributed by atoms with Crippen molar-refractivity contribution >= 4 is 11.6 Å². The molecule has 1 amide bonds. The van der Waals surface area contributed by atoms with Gasteiger partial charge in [-0.1, -0.05) is 29.4 Å². The average Bonchev–Trinajstić information content (AvgIpc) is 3.35. The predicted octanol–water partition coefficient (Wildman–Crippen LogP) is 5.98. The maximum atomic E-state index is 14.6. The molecule has 0 atom stereocenters. The molecule has 10 heteroatoms. The quantitative estimate of drug-likeness (QED) is 0.317. The highest BCUT2D eigenvalue weighted by molar-refractivity contribution is 6.00. The third-order valence-electron chi connectivity index (χ3n) is 12.2. The summed E-state index contributed by atoms with van der Waals surface area (Å²) in [6.07, 6.45) is 9.07. The van der Waals surface area contributed by atoms with Crippen LogP contribution < -0.4 is 4.90 Å². The van der Waals surface area contributed by atoms with Crippen molar-refractivity contribution in [1.82, 2.24) is 20.3 Å². The number of alkyl halides is 1. The van der Waals surface area contributed by atoms with Gasteiger partial charge in [-0.05, 0) is 95.1 Å². The lowest BCUT2D eigenvalue weighted by Crippen LogP contribution is -2.71. The van der Waals surface area contributed by atoms with Crippen LogP contribution in [0.1, 0.15) is 102 Å². The van der Waals surface area contributed by atoms with Crippen molar-refractivity contribution in [3.63, 3.8) is 0 Å². The van der Waals surface area contributed by atoms with Gasteiger partial charge in [0.25, 0.3) is 0 Å². The normalized spacial score (nSPS) is 35.9. The van der Waals surface area contributed by atoms with Crippen molar-refractivity contribution in [3.05, 3.63) is 41.9 Å². The van der Waals surface area contributed by atoms with Crippen LogP contribution in [0.5, 0.6) is 0 Å². The van der Waals surface area contributed by atoms with Crippen molar-refractivity contribution in [2.24, 2.45) is 10.8 Å². The summed E-state index contributed by atoms with van der Waals surface area (Å²) in [6.45, 7) is 6.13. The molecule has 9 nitrogen and oxygen atoms in total. The minimum Gasteiger partial charge on any atom is -0.379 e. The molecule has 4 bridgehead atoms. The predicted molar refractivity (Wildman–Crippen MR) is 153 cm³/mol. The Labute approximate surface area is 249 Å². The number of rotatable bonds is 8. The molecule has 3 heterocycles. The topological polar surface area (TPSA) is 107 Å². The number of aromatic nitrogens is 4. The number of hydrogen-bond donors (Lipinski definition) is 0. The average molecular weight is 588 g/mol. The Kier molecular flexibility index (Phi) is 5.08. The number of carbonyl (C=O) groups excluding carboxylic acids is 1. The number of anilines is 1. The Hall–Kier alpha value is -3.14. The molecular formula is C33H38FN5O4. The van der Waals surface area contributed by atoms with E-state index in [9.17, 15) is 9.18 Å². The van der Waals surface area contributed by atoms with Crippen molar-refractivity contribution in [2.75, 3.05) is 24.7 Å². The monoisotopic (exact) mass is 587 g/mol. The zero-order chi connectivity index (χ0) is 29.3. The van der Waals surface area contributed by atoms with Crippen LogP contribution in [0, 0.1) is 10.8 Å². The van der Waals surface area contributed by atoms with Gasteiger partial charge in [-0.15, -0.1) is 0 Å². The summed E-state index contributed by atoms with van der Waals surface area (Å²) in [4.78, 5) is 25.8. The minimum absolute atomic E-state index is 0.00455. The Bertz CT molecular complexity index is 1590. The van der Waals surface area contributed by atoms with Gasteiger partial charge in [0.15, 0.2) is 5.82 Å². The second kappa shape index (κ2) is 8.31. The van der Waals surface area contributed by atoms with E-state index in [0.29, 0.717) is 56.6 Å². The Morgan fingerprint density at radius 2 is 1.56 bits per heavy atom. The van der Waals surface area contributed by atoms with E-state index in [1.165, 1.54) is 0 Å². The van der Waals surface area contributed by atoms with Crippen LogP contribution >= 0.6 is 0 Å². The van der Waals surface area contributed by atoms with Crippen molar-refractivity contribution in [3.8, 4) is 11.4 Å². The maximum absolute atomic E-state index is 14.6. The molecule has 3 aromatic rings. The van der Waals surface area contributed by atoms with Gasteiger partial charge in [0, 0.05) is 28.6 Å². The van der Waals surface area contributed by atoms with Gasteiger partial charge in [-0.25, -0.2) is 4.39 Å². The molecule has 43 heavy (non-hydrogen) atoms. The van der Waals surface area contributed by atoms with Gasteiger partial charge in [0.05, 0.1) is 24.0 Å². The fraction of sp³-hybridized carbons (Fsp3) is 0.667. The van der Waals surface area contributed by atoms with Crippen LogP contribution in [0.3, 0.4) is 0 Å². The first-order valence-corrected chi connectivity index (χ1v) is 15.9. The first kappa shape index (κ1) is 26.3. The molecule has 1 aliphatic heterocycles. The molecule has 7 aliphatic carbocycles. The van der Waals surface area contributed by atoms with Crippen LogP contribution in [0.4, 0.5) is 10.1 Å². The van der Waals surface area contributed by atoms with Crippen molar-refractivity contribution in [2.45, 2.75) is 106 Å². The van der Waals surface area contributed by atoms with Crippen LogP contribution in [-0.2, 0) is 25.8 Å². The Morgan fingerprint density at radius 3 is 2.19 bits per heavy atom. The first-order chi connectivity index (χ1) is 20.5. The van der Waals surface area contributed by atoms with Gasteiger partial charge in [-0.2, -0.15) is 9.97 Å². The van der Waals surface area contributed by atoms with E-state index in [1.807, 2.05) is 29.2 Å². The molecule has 1 saturated heterocycles. The summed E-state index contributed by atoms with van der Waals surface area (Å²) in [5.41, 5.74) is -0.286. The highest BCUT2D eigenvalue weighted by Gasteiger charge is 2.73. The summed E-state index contributed by atoms with van der Waals surface area (Å²) in [6, 6.07) is 7.94. The molecule has 8 fully saturated rings. The number of halogens is 1. The second-order valence-electron chi connectivity index (χ2n) is 15.6. The SMILES string of the molecule is CC1(c2nc(-c3cccc(N(CC45CCC(c6noc(C7(C)COC7)n6)(CC4)CC5)C(=O)C45CC(F)(C4)C5)c3)no2)CC1. The van der Waals surface area contributed by atoms with E-state index in [1.54, 1.807) is 0 Å². The van der Waals surface area contributed by atoms with E-state index < -0.39 is 11.1 Å². The number of benzene rings is 1. The molecule has 0 N–H and O–H groups in total. The molecular weight excluding hydrogens is 549 g/mol. The van der Waals surface area contributed by atoms with Gasteiger partial charge < -0.3 is 18.7 Å². The minimum atomic E-state index is -1.14. The van der Waals surface area contributed by atoms with E-state index in [4.69, 9.17) is 23.8 Å². The summed E-state index contributed by atoms with van der Waals surface area (Å²) in [5.74, 6) is 2.82. The lowest BCUT2D eigenvalue weighted by Gasteiger charge is -2.65. The fourth-order valence-corrected chi connectivity index (χ4v) is 8.64. The standard InChI is InChI=1S/C33H38FN5O4/c1-28(6-7-28)25-35-23(37-42-25)21-4-3-5-22(14-21)39(27(40)32-15-33(34,16-32)17-32)18-30-8-11-31(12-9-30,13-10-30)24-36-26(43-38-24)29(2)19-41-20-29/h3-5,14H,6-13,15-20H2,1-2H3. The summed E-state index contributed by atoms with van der Waals surface area (Å²) >= 11 is 0. The lowest BCUT2D eigenvalue weighted by atomic mass is 9.41. The smallest absolute Gasteiger partial charge is 0.237 e. The number of nitrogens with zero attached hydrogens (tertiary/aromatic N) is 5. The molecule has 0 unspecified atom stereocenters. The van der Waals surface area contributed by atoms with Crippen molar-refractivity contribution < 1.29 is 23.0 Å². The third kappa shape index (κ3) is 3.80. The van der Waals surface area contributed by atoms with Crippen LogP contribution in [0.15, 0.2) is 33.3 Å². The van der Waals surface area contributed by atoms with Gasteiger partial charge in [-0.3, -0.25) is 4.79 Å². The van der Waals surface area contributed by atoms with Gasteiger partial charge >= 0.3 is 0 Å². The summed E-state index contributed by atoms with van der Waals surface area (Å²) in [5, 5.41) is 8.76. The van der Waals surface area contributed by atoms with Crippen LogP contribution in [0.25, 0.3) is 11.4 Å². The molecule has 8 aliphatic rings. The fourth-order valence-electron chi connectivity index (χ4n) is 8.64. The number of carbonyl (C=O) groups is 1. The maximum Gasteiger partial charge on any atom is 0.237 e. The van der Waals surface area contributed by atoms with E-state index in [2.05, 4.69) is 24.2 Å². The van der Waals surface area contributed by atoms with Crippen LogP contribution in [-0.4, -0.2) is 51.6 Å². The van der Waals surface area contributed by atoms with Gasteiger partial charge in [0.2, 0.25) is 23.5 Å².